The third-order valence-electron chi connectivity index (χ3n) is 5.92. The van der Waals surface area contributed by atoms with Gasteiger partial charge in [-0.1, -0.05) is 41.0 Å². The van der Waals surface area contributed by atoms with Crippen molar-refractivity contribution in [3.05, 3.63) is 40.5 Å². The SMILES string of the molecule is CCOC(=O)N1CCN(C(=O)CSc2nc(Cl)cc(N3CCN(c4cccc(Cl)c4)CC3)n2)CC1. The first-order valence-corrected chi connectivity index (χ1v) is 13.3. The number of aromatic nitrogens is 2. The summed E-state index contributed by atoms with van der Waals surface area (Å²) in [4.78, 5) is 41.3. The molecule has 188 valence electrons. The van der Waals surface area contributed by atoms with Crippen LogP contribution in [0.15, 0.2) is 35.5 Å². The molecule has 2 amide bonds. The fourth-order valence-electron chi connectivity index (χ4n) is 4.05. The molecule has 0 saturated carbocycles. The molecule has 12 heteroatoms. The van der Waals surface area contributed by atoms with E-state index in [1.807, 2.05) is 18.2 Å². The summed E-state index contributed by atoms with van der Waals surface area (Å²) in [6.07, 6.45) is -0.331. The van der Waals surface area contributed by atoms with E-state index in [0.717, 1.165) is 42.7 Å². The zero-order valence-corrected chi connectivity index (χ0v) is 21.9. The topological polar surface area (TPSA) is 82.1 Å². The summed E-state index contributed by atoms with van der Waals surface area (Å²) in [5.41, 5.74) is 1.11. The van der Waals surface area contributed by atoms with Crippen molar-refractivity contribution in [2.24, 2.45) is 0 Å². The summed E-state index contributed by atoms with van der Waals surface area (Å²) in [7, 11) is 0. The Bertz CT molecular complexity index is 1050. The van der Waals surface area contributed by atoms with Gasteiger partial charge in [0, 0.05) is 69.1 Å². The average molecular weight is 539 g/mol. The molecule has 0 radical (unpaired) electrons. The van der Waals surface area contributed by atoms with E-state index in [-0.39, 0.29) is 17.8 Å². The fourth-order valence-corrected chi connectivity index (χ4v) is 5.22. The summed E-state index contributed by atoms with van der Waals surface area (Å²) in [5, 5.41) is 1.55. The summed E-state index contributed by atoms with van der Waals surface area (Å²) in [5.74, 6) is 0.953. The molecular weight excluding hydrogens is 511 g/mol. The first-order chi connectivity index (χ1) is 16.9. The van der Waals surface area contributed by atoms with Crippen molar-refractivity contribution in [2.45, 2.75) is 12.1 Å². The van der Waals surface area contributed by atoms with E-state index < -0.39 is 0 Å². The number of benzene rings is 1. The number of carbonyl (C=O) groups is 2. The minimum atomic E-state index is -0.331. The fraction of sp³-hybridized carbons (Fsp3) is 0.478. The van der Waals surface area contributed by atoms with Gasteiger partial charge in [-0.3, -0.25) is 4.79 Å². The number of carbonyl (C=O) groups excluding carboxylic acids is 2. The van der Waals surface area contributed by atoms with Gasteiger partial charge in [0.05, 0.1) is 12.4 Å². The van der Waals surface area contributed by atoms with E-state index >= 15 is 0 Å². The molecule has 2 saturated heterocycles. The average Bonchev–Trinajstić information content (AvgIpc) is 2.87. The number of hydrogen-bond acceptors (Lipinski definition) is 8. The zero-order chi connectivity index (χ0) is 24.8. The van der Waals surface area contributed by atoms with Gasteiger partial charge in [0.15, 0.2) is 5.16 Å². The third-order valence-corrected chi connectivity index (χ3v) is 7.18. The maximum atomic E-state index is 12.7. The molecule has 3 heterocycles. The molecule has 2 aliphatic heterocycles. The van der Waals surface area contributed by atoms with E-state index in [2.05, 4.69) is 25.8 Å². The van der Waals surface area contributed by atoms with Gasteiger partial charge < -0.3 is 24.3 Å². The van der Waals surface area contributed by atoms with Crippen LogP contribution in [0.1, 0.15) is 6.92 Å². The molecule has 2 fully saturated rings. The highest BCUT2D eigenvalue weighted by Gasteiger charge is 2.25. The maximum Gasteiger partial charge on any atom is 0.409 e. The van der Waals surface area contributed by atoms with Crippen LogP contribution in [0.25, 0.3) is 0 Å². The number of hydrogen-bond donors (Lipinski definition) is 0. The van der Waals surface area contributed by atoms with Crippen molar-refractivity contribution in [3.63, 3.8) is 0 Å². The van der Waals surface area contributed by atoms with Crippen molar-refractivity contribution in [3.8, 4) is 0 Å². The number of anilines is 2. The van der Waals surface area contributed by atoms with Crippen molar-refractivity contribution >= 4 is 58.5 Å². The predicted octanol–water partition coefficient (Wildman–Crippen LogP) is 3.50. The van der Waals surface area contributed by atoms with E-state index in [4.69, 9.17) is 27.9 Å². The lowest BCUT2D eigenvalue weighted by atomic mass is 10.2. The second-order valence-electron chi connectivity index (χ2n) is 8.14. The molecule has 1 aromatic heterocycles. The molecule has 0 N–H and O–H groups in total. The molecule has 9 nitrogen and oxygen atoms in total. The van der Waals surface area contributed by atoms with Gasteiger partial charge in [-0.2, -0.15) is 0 Å². The smallest absolute Gasteiger partial charge is 0.409 e. The number of halogens is 2. The Hall–Kier alpha value is -2.43. The van der Waals surface area contributed by atoms with Gasteiger partial charge in [-0.05, 0) is 25.1 Å². The normalized spacial score (nSPS) is 16.4. The molecule has 1 aromatic carbocycles. The Morgan fingerprint density at radius 3 is 2.31 bits per heavy atom. The Labute approximate surface area is 219 Å². The van der Waals surface area contributed by atoms with Crippen LogP contribution >= 0.6 is 35.0 Å². The standard InChI is InChI=1S/C23H28Cl2N6O3S/c1-2-34-23(33)31-12-10-30(11-13-31)21(32)16-35-22-26-19(25)15-20(27-22)29-8-6-28(7-9-29)18-5-3-4-17(24)14-18/h3-5,14-15H,2,6-13,16H2,1H3. The van der Waals surface area contributed by atoms with E-state index in [9.17, 15) is 9.59 Å². The van der Waals surface area contributed by atoms with Crippen LogP contribution in [0.5, 0.6) is 0 Å². The third kappa shape index (κ3) is 6.83. The van der Waals surface area contributed by atoms with Crippen LogP contribution in [0, 0.1) is 0 Å². The molecule has 0 bridgehead atoms. The van der Waals surface area contributed by atoms with Crippen molar-refractivity contribution in [2.75, 3.05) is 74.5 Å². The number of nitrogens with zero attached hydrogens (tertiary/aromatic N) is 6. The van der Waals surface area contributed by atoms with E-state index in [1.54, 1.807) is 22.8 Å². The van der Waals surface area contributed by atoms with Crippen molar-refractivity contribution < 1.29 is 14.3 Å². The van der Waals surface area contributed by atoms with E-state index in [1.165, 1.54) is 11.8 Å². The van der Waals surface area contributed by atoms with Gasteiger partial charge in [-0.25, -0.2) is 14.8 Å². The van der Waals surface area contributed by atoms with Gasteiger partial charge in [0.1, 0.15) is 11.0 Å². The summed E-state index contributed by atoms with van der Waals surface area (Å²) in [6, 6.07) is 9.63. The van der Waals surface area contributed by atoms with Gasteiger partial charge >= 0.3 is 6.09 Å². The Kier molecular flexibility index (Phi) is 8.80. The highest BCUT2D eigenvalue weighted by Crippen LogP contribution is 2.25. The van der Waals surface area contributed by atoms with E-state index in [0.29, 0.717) is 43.1 Å². The molecule has 2 aliphatic rings. The molecule has 0 atom stereocenters. The number of piperazine rings is 2. The Morgan fingerprint density at radius 2 is 1.63 bits per heavy atom. The van der Waals surface area contributed by atoms with Crippen LogP contribution in [0.4, 0.5) is 16.3 Å². The lowest BCUT2D eigenvalue weighted by Gasteiger charge is -2.36. The number of thioether (sulfide) groups is 1. The molecule has 0 aliphatic carbocycles. The molecule has 0 unspecified atom stereocenters. The van der Waals surface area contributed by atoms with Crippen LogP contribution in [0.3, 0.4) is 0 Å². The van der Waals surface area contributed by atoms with Crippen molar-refractivity contribution in [1.29, 1.82) is 0 Å². The maximum absolute atomic E-state index is 12.7. The largest absolute Gasteiger partial charge is 0.450 e. The summed E-state index contributed by atoms with van der Waals surface area (Å²) < 4.78 is 5.03. The molecular formula is C23H28Cl2N6O3S. The van der Waals surface area contributed by atoms with Crippen molar-refractivity contribution in [1.82, 2.24) is 19.8 Å². The summed E-state index contributed by atoms with van der Waals surface area (Å²) in [6.45, 7) is 7.26. The van der Waals surface area contributed by atoms with Crippen LogP contribution in [-0.2, 0) is 9.53 Å². The molecule has 4 rings (SSSR count). The molecule has 2 aromatic rings. The van der Waals surface area contributed by atoms with Gasteiger partial charge in [-0.15, -0.1) is 0 Å². The van der Waals surface area contributed by atoms with Crippen LogP contribution in [-0.4, -0.2) is 96.5 Å². The quantitative estimate of drug-likeness (QED) is 0.314. The van der Waals surface area contributed by atoms with Gasteiger partial charge in [0.2, 0.25) is 5.91 Å². The first-order valence-electron chi connectivity index (χ1n) is 11.5. The second-order valence-corrected chi connectivity index (χ2v) is 9.91. The molecule has 0 spiro atoms. The van der Waals surface area contributed by atoms with Gasteiger partial charge in [0.25, 0.3) is 0 Å². The highest BCUT2D eigenvalue weighted by atomic mass is 35.5. The number of rotatable bonds is 6. The van der Waals surface area contributed by atoms with Crippen LogP contribution in [0.2, 0.25) is 10.2 Å². The number of amides is 2. The minimum absolute atomic E-state index is 0.0150. The Balaban J connectivity index is 1.29. The summed E-state index contributed by atoms with van der Waals surface area (Å²) >= 11 is 13.7. The monoisotopic (exact) mass is 538 g/mol. The lowest BCUT2D eigenvalue weighted by Crippen LogP contribution is -2.51. The second kappa shape index (κ2) is 12.0. The predicted molar refractivity (Wildman–Crippen MR) is 139 cm³/mol. The highest BCUT2D eigenvalue weighted by molar-refractivity contribution is 7.99. The number of ether oxygens (including phenoxy) is 1. The Morgan fingerprint density at radius 1 is 0.943 bits per heavy atom. The lowest BCUT2D eigenvalue weighted by molar-refractivity contribution is -0.129. The zero-order valence-electron chi connectivity index (χ0n) is 19.5. The first kappa shape index (κ1) is 25.7. The molecule has 35 heavy (non-hydrogen) atoms. The van der Waals surface area contributed by atoms with Crippen LogP contribution < -0.4 is 9.80 Å². The minimum Gasteiger partial charge on any atom is -0.450 e.